The normalized spacial score (nSPS) is 11.7. The smallest absolute Gasteiger partial charge is 0.406 e. The van der Waals surface area contributed by atoms with Crippen LogP contribution in [0.2, 0.25) is 0 Å². The van der Waals surface area contributed by atoms with Crippen LogP contribution in [0.5, 0.6) is 5.75 Å². The van der Waals surface area contributed by atoms with Crippen molar-refractivity contribution in [1.82, 2.24) is 4.98 Å². The highest BCUT2D eigenvalue weighted by Crippen LogP contribution is 2.26. The Hall–Kier alpha value is -3.45. The van der Waals surface area contributed by atoms with Crippen molar-refractivity contribution in [3.05, 3.63) is 107 Å². The average molecular weight is 498 g/mol. The molecule has 0 aliphatic carbocycles. The summed E-state index contributed by atoms with van der Waals surface area (Å²) in [6, 6.07) is 19.2. The largest absolute Gasteiger partial charge is 0.573 e. The summed E-state index contributed by atoms with van der Waals surface area (Å²) in [4.78, 5) is 4.53. The molecule has 4 aromatic rings. The number of rotatable bonds is 10. The molecule has 0 atom stereocenters. The molecule has 0 radical (unpaired) electrons. The Bertz CT molecular complexity index is 1290. The van der Waals surface area contributed by atoms with Crippen LogP contribution in [-0.2, 0) is 36.8 Å². The lowest BCUT2D eigenvalue weighted by atomic mass is 9.98. The summed E-state index contributed by atoms with van der Waals surface area (Å²) >= 11 is 0. The highest BCUT2D eigenvalue weighted by molar-refractivity contribution is 5.84. The van der Waals surface area contributed by atoms with Gasteiger partial charge < -0.3 is 9.47 Å². The quantitative estimate of drug-likeness (QED) is 0.220. The highest BCUT2D eigenvalue weighted by Gasteiger charge is 2.30. The molecule has 1 aromatic heterocycles. The predicted octanol–water partition coefficient (Wildman–Crippen LogP) is 7.03. The Morgan fingerprint density at radius 2 is 1.47 bits per heavy atom. The van der Waals surface area contributed by atoms with Crippen molar-refractivity contribution in [2.24, 2.45) is 0 Å². The number of benzene rings is 3. The number of halogens is 4. The van der Waals surface area contributed by atoms with Gasteiger partial charge in [0.2, 0.25) is 0 Å². The van der Waals surface area contributed by atoms with E-state index in [-0.39, 0.29) is 11.6 Å². The molecule has 0 bridgehead atoms. The van der Waals surface area contributed by atoms with E-state index in [1.165, 1.54) is 12.1 Å². The lowest BCUT2D eigenvalue weighted by Crippen LogP contribution is -2.17. The summed E-state index contributed by atoms with van der Waals surface area (Å²) in [6.07, 6.45) is 0.546. The first-order chi connectivity index (χ1) is 17.3. The number of hydrogen-bond acceptors (Lipinski definition) is 3. The SMILES string of the molecule is COCCc1ccc(CCc2ccc3c(F)c(CCc4ccc(OC(F)(F)F)cc4)ccc3c2)nc1. The molecule has 0 saturated carbocycles. The molecule has 0 amide bonds. The van der Waals surface area contributed by atoms with E-state index in [1.807, 2.05) is 36.5 Å². The van der Waals surface area contributed by atoms with Gasteiger partial charge in [-0.05, 0) is 77.9 Å². The van der Waals surface area contributed by atoms with E-state index in [0.29, 0.717) is 30.4 Å². The van der Waals surface area contributed by atoms with Gasteiger partial charge in [-0.25, -0.2) is 4.39 Å². The van der Waals surface area contributed by atoms with E-state index in [2.05, 4.69) is 15.8 Å². The van der Waals surface area contributed by atoms with Crippen molar-refractivity contribution in [3.63, 3.8) is 0 Å². The fourth-order valence-corrected chi connectivity index (χ4v) is 4.12. The van der Waals surface area contributed by atoms with E-state index >= 15 is 4.39 Å². The molecule has 3 nitrogen and oxygen atoms in total. The molecular formula is C29H27F4NO2. The standard InChI is InChI=1S/C29H27F4NO2/c1-35-17-16-22-4-12-25(34-19-22)11-3-21-7-15-27-24(18-21)10-9-23(28(27)30)8-2-20-5-13-26(14-6-20)36-29(31,32)33/h4-7,9-10,12-15,18-19H,2-3,8,11,16-17H2,1H3. The first-order valence-corrected chi connectivity index (χ1v) is 11.8. The van der Waals surface area contributed by atoms with E-state index in [0.717, 1.165) is 47.0 Å². The summed E-state index contributed by atoms with van der Waals surface area (Å²) < 4.78 is 61.1. The number of alkyl halides is 3. The number of nitrogens with zero attached hydrogens (tertiary/aromatic N) is 1. The number of aromatic nitrogens is 1. The van der Waals surface area contributed by atoms with Crippen LogP contribution in [0.4, 0.5) is 17.6 Å². The summed E-state index contributed by atoms with van der Waals surface area (Å²) in [7, 11) is 1.68. The highest BCUT2D eigenvalue weighted by atomic mass is 19.4. The number of fused-ring (bicyclic) bond motifs is 1. The van der Waals surface area contributed by atoms with Crippen LogP contribution < -0.4 is 4.74 Å². The van der Waals surface area contributed by atoms with Crippen LogP contribution >= 0.6 is 0 Å². The molecule has 188 valence electrons. The zero-order chi connectivity index (χ0) is 25.5. The summed E-state index contributed by atoms with van der Waals surface area (Å²) in [5.74, 6) is -0.529. The molecule has 0 spiro atoms. The summed E-state index contributed by atoms with van der Waals surface area (Å²) in [5, 5.41) is 1.40. The second-order valence-electron chi connectivity index (χ2n) is 8.69. The third kappa shape index (κ3) is 7.04. The lowest BCUT2D eigenvalue weighted by Gasteiger charge is -2.10. The summed E-state index contributed by atoms with van der Waals surface area (Å²) in [6.45, 7) is 0.671. The van der Waals surface area contributed by atoms with Gasteiger partial charge in [-0.1, -0.05) is 48.5 Å². The van der Waals surface area contributed by atoms with Gasteiger partial charge in [0, 0.05) is 24.4 Å². The number of pyridine rings is 1. The van der Waals surface area contributed by atoms with E-state index in [9.17, 15) is 13.2 Å². The van der Waals surface area contributed by atoms with Crippen molar-refractivity contribution < 1.29 is 27.0 Å². The Kier molecular flexibility index (Phi) is 8.21. The Balaban J connectivity index is 1.36. The molecule has 36 heavy (non-hydrogen) atoms. The molecule has 7 heteroatoms. The number of ether oxygens (including phenoxy) is 2. The molecule has 4 rings (SSSR count). The molecule has 0 aliphatic rings. The lowest BCUT2D eigenvalue weighted by molar-refractivity contribution is -0.274. The minimum atomic E-state index is -4.72. The van der Waals surface area contributed by atoms with Crippen molar-refractivity contribution in [2.75, 3.05) is 13.7 Å². The predicted molar refractivity (Wildman–Crippen MR) is 132 cm³/mol. The van der Waals surface area contributed by atoms with Crippen LogP contribution in [-0.4, -0.2) is 25.1 Å². The minimum Gasteiger partial charge on any atom is -0.406 e. The maximum Gasteiger partial charge on any atom is 0.573 e. The first kappa shape index (κ1) is 25.6. The van der Waals surface area contributed by atoms with Gasteiger partial charge in [-0.15, -0.1) is 13.2 Å². The zero-order valence-corrected chi connectivity index (χ0v) is 19.9. The number of aryl methyl sites for hydroxylation is 4. The van der Waals surface area contributed by atoms with Crippen LogP contribution in [0.15, 0.2) is 72.9 Å². The van der Waals surface area contributed by atoms with Gasteiger partial charge in [0.05, 0.1) is 6.61 Å². The van der Waals surface area contributed by atoms with Gasteiger partial charge in [-0.3, -0.25) is 4.98 Å². The van der Waals surface area contributed by atoms with E-state index < -0.39 is 6.36 Å². The fourth-order valence-electron chi connectivity index (χ4n) is 4.12. The van der Waals surface area contributed by atoms with Crippen LogP contribution in [0.25, 0.3) is 10.8 Å². The molecule has 0 fully saturated rings. The van der Waals surface area contributed by atoms with Gasteiger partial charge in [0.1, 0.15) is 11.6 Å². The van der Waals surface area contributed by atoms with Crippen molar-refractivity contribution in [3.8, 4) is 5.75 Å². The second-order valence-corrected chi connectivity index (χ2v) is 8.69. The Morgan fingerprint density at radius 3 is 2.17 bits per heavy atom. The van der Waals surface area contributed by atoms with E-state index in [1.54, 1.807) is 25.3 Å². The van der Waals surface area contributed by atoms with Crippen LogP contribution in [0, 0.1) is 5.82 Å². The molecule has 0 aliphatic heterocycles. The molecule has 0 unspecified atom stereocenters. The van der Waals surface area contributed by atoms with Crippen molar-refractivity contribution in [1.29, 1.82) is 0 Å². The molecule has 0 saturated heterocycles. The van der Waals surface area contributed by atoms with Gasteiger partial charge in [0.15, 0.2) is 0 Å². The maximum absolute atomic E-state index is 15.2. The molecule has 3 aromatic carbocycles. The molecule has 1 heterocycles. The topological polar surface area (TPSA) is 31.4 Å². The molecule has 0 N–H and O–H groups in total. The third-order valence-corrected chi connectivity index (χ3v) is 6.09. The van der Waals surface area contributed by atoms with E-state index in [4.69, 9.17) is 4.74 Å². The summed E-state index contributed by atoms with van der Waals surface area (Å²) in [5.41, 5.74) is 4.64. The maximum atomic E-state index is 15.2. The van der Waals surface area contributed by atoms with Gasteiger partial charge in [0.25, 0.3) is 0 Å². The van der Waals surface area contributed by atoms with Gasteiger partial charge in [-0.2, -0.15) is 0 Å². The first-order valence-electron chi connectivity index (χ1n) is 11.8. The van der Waals surface area contributed by atoms with Crippen molar-refractivity contribution >= 4 is 10.8 Å². The second kappa shape index (κ2) is 11.5. The fraction of sp³-hybridized carbons (Fsp3) is 0.276. The molecular weight excluding hydrogens is 470 g/mol. The Labute approximate surface area is 207 Å². The Morgan fingerprint density at radius 1 is 0.750 bits per heavy atom. The zero-order valence-electron chi connectivity index (χ0n) is 19.9. The minimum absolute atomic E-state index is 0.260. The van der Waals surface area contributed by atoms with Crippen LogP contribution in [0.1, 0.15) is 27.9 Å². The van der Waals surface area contributed by atoms with Crippen LogP contribution in [0.3, 0.4) is 0 Å². The average Bonchev–Trinajstić information content (AvgIpc) is 2.86. The monoisotopic (exact) mass is 497 g/mol. The van der Waals surface area contributed by atoms with Gasteiger partial charge >= 0.3 is 6.36 Å². The van der Waals surface area contributed by atoms with Crippen molar-refractivity contribution in [2.45, 2.75) is 38.5 Å². The number of hydrogen-bond donors (Lipinski definition) is 0. The third-order valence-electron chi connectivity index (χ3n) is 6.09. The number of methoxy groups -OCH3 is 1.